The van der Waals surface area contributed by atoms with Crippen LogP contribution >= 0.6 is 0 Å². The van der Waals surface area contributed by atoms with E-state index >= 15 is 0 Å². The summed E-state index contributed by atoms with van der Waals surface area (Å²) < 4.78 is 5.16. The van der Waals surface area contributed by atoms with Crippen molar-refractivity contribution in [2.75, 3.05) is 6.61 Å². The maximum atomic E-state index is 11.3. The highest BCUT2D eigenvalue weighted by atomic mass is 16.5. The highest BCUT2D eigenvalue weighted by Gasteiger charge is 2.14. The molecule has 2 heterocycles. The zero-order valence-corrected chi connectivity index (χ0v) is 8.89. The van der Waals surface area contributed by atoms with Gasteiger partial charge in [-0.15, -0.1) is 0 Å². The molecule has 0 saturated carbocycles. The first-order valence-electron chi connectivity index (χ1n) is 4.94. The first kappa shape index (κ1) is 10.9. The molecule has 1 N–H and O–H groups in total. The smallest absolute Gasteiger partial charge is 0.256 e. The molecule has 0 bridgehead atoms. The van der Waals surface area contributed by atoms with Crippen LogP contribution in [0.25, 0.3) is 0 Å². The van der Waals surface area contributed by atoms with E-state index in [9.17, 15) is 4.79 Å². The Kier molecular flexibility index (Phi) is 3.83. The number of aryl methyl sites for hydroxylation is 1. The van der Waals surface area contributed by atoms with Gasteiger partial charge in [-0.1, -0.05) is 13.8 Å². The Hall–Kier alpha value is -1.16. The topological polar surface area (TPSA) is 55.0 Å². The van der Waals surface area contributed by atoms with Gasteiger partial charge < -0.3 is 9.72 Å². The third-order valence-electron chi connectivity index (χ3n) is 1.95. The zero-order valence-electron chi connectivity index (χ0n) is 8.89. The lowest BCUT2D eigenvalue weighted by atomic mass is 10.1. The first-order chi connectivity index (χ1) is 6.77. The van der Waals surface area contributed by atoms with Gasteiger partial charge in [-0.3, -0.25) is 4.79 Å². The number of aromatic nitrogens is 2. The fourth-order valence-corrected chi connectivity index (χ4v) is 1.37. The molecule has 0 aliphatic carbocycles. The molecule has 0 spiro atoms. The predicted molar refractivity (Wildman–Crippen MR) is 54.3 cm³/mol. The van der Waals surface area contributed by atoms with E-state index in [-0.39, 0.29) is 5.56 Å². The number of hydrogen-bond donors (Lipinski definition) is 1. The predicted octanol–water partition coefficient (Wildman–Crippen LogP) is 1.18. The SMILES string of the molecule is CC.Cc1nc2c(c(=O)[nH]1)COCC2. The molecule has 2 rings (SSSR count). The summed E-state index contributed by atoms with van der Waals surface area (Å²) in [6.45, 7) is 6.86. The van der Waals surface area contributed by atoms with E-state index in [0.717, 1.165) is 12.1 Å². The van der Waals surface area contributed by atoms with E-state index in [0.29, 0.717) is 24.6 Å². The summed E-state index contributed by atoms with van der Waals surface area (Å²) in [5, 5.41) is 0. The van der Waals surface area contributed by atoms with Crippen LogP contribution < -0.4 is 5.56 Å². The van der Waals surface area contributed by atoms with E-state index in [1.54, 1.807) is 6.92 Å². The Morgan fingerprint density at radius 3 is 2.86 bits per heavy atom. The summed E-state index contributed by atoms with van der Waals surface area (Å²) >= 11 is 0. The number of nitrogens with one attached hydrogen (secondary N) is 1. The lowest BCUT2D eigenvalue weighted by Gasteiger charge is -2.14. The molecule has 0 atom stereocenters. The normalized spacial score (nSPS) is 13.9. The number of hydrogen-bond acceptors (Lipinski definition) is 3. The van der Waals surface area contributed by atoms with Gasteiger partial charge in [0.25, 0.3) is 5.56 Å². The lowest BCUT2D eigenvalue weighted by molar-refractivity contribution is 0.108. The quantitative estimate of drug-likeness (QED) is 0.677. The molecular weight excluding hydrogens is 180 g/mol. The van der Waals surface area contributed by atoms with Gasteiger partial charge in [-0.25, -0.2) is 4.98 Å². The van der Waals surface area contributed by atoms with Gasteiger partial charge in [0.15, 0.2) is 0 Å². The fraction of sp³-hybridized carbons (Fsp3) is 0.600. The molecule has 4 nitrogen and oxygen atoms in total. The molecule has 1 aromatic rings. The number of rotatable bonds is 0. The van der Waals surface area contributed by atoms with Crippen LogP contribution in [0.15, 0.2) is 4.79 Å². The van der Waals surface area contributed by atoms with E-state index in [1.165, 1.54) is 0 Å². The van der Waals surface area contributed by atoms with Crippen molar-refractivity contribution in [3.05, 3.63) is 27.4 Å². The molecule has 0 unspecified atom stereocenters. The second kappa shape index (κ2) is 4.91. The Morgan fingerprint density at radius 2 is 2.14 bits per heavy atom. The van der Waals surface area contributed by atoms with Crippen LogP contribution in [0.5, 0.6) is 0 Å². The molecule has 0 aromatic carbocycles. The van der Waals surface area contributed by atoms with Crippen LogP contribution in [0, 0.1) is 6.92 Å². The number of H-pyrrole nitrogens is 1. The molecular formula is C10H16N2O2. The second-order valence-corrected chi connectivity index (χ2v) is 2.88. The molecule has 1 aliphatic heterocycles. The van der Waals surface area contributed by atoms with Crippen LogP contribution in [-0.2, 0) is 17.8 Å². The van der Waals surface area contributed by atoms with E-state index < -0.39 is 0 Å². The molecule has 4 heteroatoms. The number of ether oxygens (including phenoxy) is 1. The first-order valence-corrected chi connectivity index (χ1v) is 4.94. The minimum atomic E-state index is -0.0581. The summed E-state index contributed by atoms with van der Waals surface area (Å²) in [6, 6.07) is 0. The van der Waals surface area contributed by atoms with Crippen molar-refractivity contribution in [1.82, 2.24) is 9.97 Å². The molecule has 78 valence electrons. The van der Waals surface area contributed by atoms with Crippen molar-refractivity contribution in [1.29, 1.82) is 0 Å². The monoisotopic (exact) mass is 196 g/mol. The van der Waals surface area contributed by atoms with Gasteiger partial charge in [-0.2, -0.15) is 0 Å². The van der Waals surface area contributed by atoms with Gasteiger partial charge in [0.05, 0.1) is 24.5 Å². The standard InChI is InChI=1S/C8H10N2O2.C2H6/c1-5-9-7-2-3-12-4-6(7)8(11)10-5;1-2/h2-4H2,1H3,(H,9,10,11);1-2H3. The molecule has 0 radical (unpaired) electrons. The third kappa shape index (κ3) is 2.20. The van der Waals surface area contributed by atoms with Crippen molar-refractivity contribution < 1.29 is 4.74 Å². The van der Waals surface area contributed by atoms with Crippen LogP contribution in [0.1, 0.15) is 30.9 Å². The van der Waals surface area contributed by atoms with Crippen molar-refractivity contribution in [3.63, 3.8) is 0 Å². The lowest BCUT2D eigenvalue weighted by Crippen LogP contribution is -2.24. The average Bonchev–Trinajstić information content (AvgIpc) is 2.20. The van der Waals surface area contributed by atoms with E-state index in [2.05, 4.69) is 9.97 Å². The van der Waals surface area contributed by atoms with Crippen LogP contribution in [0.4, 0.5) is 0 Å². The summed E-state index contributed by atoms with van der Waals surface area (Å²) in [4.78, 5) is 18.2. The average molecular weight is 196 g/mol. The second-order valence-electron chi connectivity index (χ2n) is 2.88. The van der Waals surface area contributed by atoms with Crippen LogP contribution in [0.3, 0.4) is 0 Å². The molecule has 0 saturated heterocycles. The molecule has 14 heavy (non-hydrogen) atoms. The molecule has 0 amide bonds. The highest BCUT2D eigenvalue weighted by Crippen LogP contribution is 2.09. The van der Waals surface area contributed by atoms with Gasteiger partial charge in [0, 0.05) is 6.42 Å². The highest BCUT2D eigenvalue weighted by molar-refractivity contribution is 5.18. The summed E-state index contributed by atoms with van der Waals surface area (Å²) in [6.07, 6.45) is 0.750. The number of fused-ring (bicyclic) bond motifs is 1. The maximum Gasteiger partial charge on any atom is 0.256 e. The zero-order chi connectivity index (χ0) is 10.6. The van der Waals surface area contributed by atoms with Gasteiger partial charge in [0.1, 0.15) is 5.82 Å². The minimum Gasteiger partial charge on any atom is -0.376 e. The largest absolute Gasteiger partial charge is 0.376 e. The summed E-state index contributed by atoms with van der Waals surface area (Å²) in [7, 11) is 0. The van der Waals surface area contributed by atoms with Gasteiger partial charge >= 0.3 is 0 Å². The molecule has 1 aliphatic rings. The van der Waals surface area contributed by atoms with Gasteiger partial charge in [0.2, 0.25) is 0 Å². The van der Waals surface area contributed by atoms with E-state index in [4.69, 9.17) is 4.74 Å². The van der Waals surface area contributed by atoms with Crippen molar-refractivity contribution in [3.8, 4) is 0 Å². The minimum absolute atomic E-state index is 0.0581. The fourth-order valence-electron chi connectivity index (χ4n) is 1.37. The summed E-state index contributed by atoms with van der Waals surface area (Å²) in [5.74, 6) is 0.681. The van der Waals surface area contributed by atoms with E-state index in [1.807, 2.05) is 13.8 Å². The third-order valence-corrected chi connectivity index (χ3v) is 1.95. The summed E-state index contributed by atoms with van der Waals surface area (Å²) in [5.41, 5.74) is 1.52. The Balaban J connectivity index is 0.000000461. The Bertz CT molecular complexity index is 358. The molecule has 1 aromatic heterocycles. The molecule has 0 fully saturated rings. The van der Waals surface area contributed by atoms with Gasteiger partial charge in [-0.05, 0) is 6.92 Å². The maximum absolute atomic E-state index is 11.3. The van der Waals surface area contributed by atoms with Crippen molar-refractivity contribution in [2.45, 2.75) is 33.8 Å². The number of aromatic amines is 1. The van der Waals surface area contributed by atoms with Crippen LogP contribution in [-0.4, -0.2) is 16.6 Å². The van der Waals surface area contributed by atoms with Crippen LogP contribution in [0.2, 0.25) is 0 Å². The Morgan fingerprint density at radius 1 is 1.43 bits per heavy atom. The Labute approximate surface area is 83.3 Å². The van der Waals surface area contributed by atoms with Crippen molar-refractivity contribution >= 4 is 0 Å². The number of nitrogens with zero attached hydrogens (tertiary/aromatic N) is 1. The van der Waals surface area contributed by atoms with Crippen molar-refractivity contribution in [2.24, 2.45) is 0 Å².